The van der Waals surface area contributed by atoms with Gasteiger partial charge < -0.3 is 10.1 Å². The number of pyridine rings is 1. The minimum absolute atomic E-state index is 0.723. The highest BCUT2D eigenvalue weighted by atomic mass is 16.5. The largest absolute Gasteiger partial charge is 0.494 e. The predicted molar refractivity (Wildman–Crippen MR) is 98.4 cm³/mol. The smallest absolute Gasteiger partial charge is 0.119 e. The molecule has 0 saturated carbocycles. The van der Waals surface area contributed by atoms with Gasteiger partial charge >= 0.3 is 0 Å². The first-order valence-corrected chi connectivity index (χ1v) is 8.98. The minimum atomic E-state index is 0.723. The number of rotatable bonds is 8. The van der Waals surface area contributed by atoms with Crippen LogP contribution in [-0.4, -0.2) is 36.1 Å². The van der Waals surface area contributed by atoms with Crippen molar-refractivity contribution in [1.82, 2.24) is 9.88 Å². The van der Waals surface area contributed by atoms with Gasteiger partial charge in [0, 0.05) is 25.5 Å². The van der Waals surface area contributed by atoms with Gasteiger partial charge in [0.05, 0.1) is 12.3 Å². The molecule has 0 spiro atoms. The summed E-state index contributed by atoms with van der Waals surface area (Å²) in [7, 11) is 0. The van der Waals surface area contributed by atoms with E-state index in [1.807, 2.05) is 24.4 Å². The molecule has 3 rings (SSSR count). The summed E-state index contributed by atoms with van der Waals surface area (Å²) in [6, 6.07) is 12.5. The number of ether oxygens (including phenoxy) is 1. The molecule has 4 nitrogen and oxygen atoms in total. The lowest BCUT2D eigenvalue weighted by Crippen LogP contribution is -2.29. The SMILES string of the molecule is c1cncc(NCCCOc2cccc(CN3CCCCC3)c2)c1. The van der Waals surface area contributed by atoms with Gasteiger partial charge in [-0.3, -0.25) is 9.88 Å². The maximum atomic E-state index is 5.90. The van der Waals surface area contributed by atoms with E-state index in [4.69, 9.17) is 4.74 Å². The fourth-order valence-corrected chi connectivity index (χ4v) is 3.07. The van der Waals surface area contributed by atoms with Crippen LogP contribution >= 0.6 is 0 Å². The van der Waals surface area contributed by atoms with E-state index in [1.54, 1.807) is 6.20 Å². The third-order valence-corrected chi connectivity index (χ3v) is 4.33. The molecule has 1 fully saturated rings. The van der Waals surface area contributed by atoms with E-state index in [-0.39, 0.29) is 0 Å². The lowest BCUT2D eigenvalue weighted by atomic mass is 10.1. The Hall–Kier alpha value is -2.07. The van der Waals surface area contributed by atoms with Gasteiger partial charge in [0.25, 0.3) is 0 Å². The van der Waals surface area contributed by atoms with Crippen molar-refractivity contribution in [3.8, 4) is 5.75 Å². The predicted octanol–water partition coefficient (Wildman–Crippen LogP) is 3.95. The molecule has 0 radical (unpaired) electrons. The van der Waals surface area contributed by atoms with E-state index in [0.29, 0.717) is 0 Å². The average Bonchev–Trinajstić information content (AvgIpc) is 2.63. The summed E-state index contributed by atoms with van der Waals surface area (Å²) in [5, 5.41) is 3.35. The molecule has 0 bridgehead atoms. The summed E-state index contributed by atoms with van der Waals surface area (Å²) >= 11 is 0. The third-order valence-electron chi connectivity index (χ3n) is 4.33. The van der Waals surface area contributed by atoms with Gasteiger partial charge in [0.2, 0.25) is 0 Å². The van der Waals surface area contributed by atoms with Crippen molar-refractivity contribution in [2.24, 2.45) is 0 Å². The number of piperidine rings is 1. The van der Waals surface area contributed by atoms with Gasteiger partial charge in [-0.15, -0.1) is 0 Å². The Morgan fingerprint density at radius 1 is 1.08 bits per heavy atom. The minimum Gasteiger partial charge on any atom is -0.494 e. The fourth-order valence-electron chi connectivity index (χ4n) is 3.07. The summed E-state index contributed by atoms with van der Waals surface area (Å²) in [5.41, 5.74) is 2.41. The lowest BCUT2D eigenvalue weighted by molar-refractivity contribution is 0.220. The van der Waals surface area contributed by atoms with E-state index in [1.165, 1.54) is 37.9 Å². The van der Waals surface area contributed by atoms with Crippen molar-refractivity contribution < 1.29 is 4.74 Å². The number of hydrogen-bond acceptors (Lipinski definition) is 4. The van der Waals surface area contributed by atoms with Crippen molar-refractivity contribution >= 4 is 5.69 Å². The molecule has 0 unspecified atom stereocenters. The molecule has 0 atom stereocenters. The summed E-state index contributed by atoms with van der Waals surface area (Å²) in [5.74, 6) is 0.978. The molecule has 1 aliphatic rings. The topological polar surface area (TPSA) is 37.4 Å². The van der Waals surface area contributed by atoms with Crippen LogP contribution in [0.2, 0.25) is 0 Å². The van der Waals surface area contributed by atoms with Gasteiger partial charge in [-0.25, -0.2) is 0 Å². The zero-order valence-corrected chi connectivity index (χ0v) is 14.3. The van der Waals surface area contributed by atoms with Crippen molar-refractivity contribution in [3.05, 3.63) is 54.4 Å². The molecule has 24 heavy (non-hydrogen) atoms. The van der Waals surface area contributed by atoms with Crippen LogP contribution in [0, 0.1) is 0 Å². The standard InChI is InChI=1S/C20H27N3O/c1-2-12-23(13-3-1)17-18-7-4-9-20(15-18)24-14-6-11-22-19-8-5-10-21-16-19/h4-5,7-10,15-16,22H,1-3,6,11-14,17H2. The third kappa shape index (κ3) is 5.53. The normalized spacial score (nSPS) is 15.2. The molecule has 2 heterocycles. The molecule has 0 aliphatic carbocycles. The molecule has 1 aliphatic heterocycles. The number of benzene rings is 1. The second-order valence-electron chi connectivity index (χ2n) is 6.35. The van der Waals surface area contributed by atoms with Gasteiger partial charge in [0.1, 0.15) is 5.75 Å². The van der Waals surface area contributed by atoms with Crippen LogP contribution < -0.4 is 10.1 Å². The Bertz CT molecular complexity index is 597. The monoisotopic (exact) mass is 325 g/mol. The average molecular weight is 325 g/mol. The molecular weight excluding hydrogens is 298 g/mol. The van der Waals surface area contributed by atoms with E-state index < -0.39 is 0 Å². The van der Waals surface area contributed by atoms with Gasteiger partial charge in [-0.1, -0.05) is 18.6 Å². The van der Waals surface area contributed by atoms with E-state index >= 15 is 0 Å². The molecule has 1 N–H and O–H groups in total. The van der Waals surface area contributed by atoms with Crippen molar-refractivity contribution in [3.63, 3.8) is 0 Å². The quantitative estimate of drug-likeness (QED) is 0.746. The zero-order valence-electron chi connectivity index (χ0n) is 14.3. The number of anilines is 1. The number of likely N-dealkylation sites (tertiary alicyclic amines) is 1. The Balaban J connectivity index is 1.38. The first-order chi connectivity index (χ1) is 11.9. The van der Waals surface area contributed by atoms with Crippen LogP contribution in [0.5, 0.6) is 5.75 Å². The first kappa shape index (κ1) is 16.8. The zero-order chi connectivity index (χ0) is 16.5. The summed E-state index contributed by atoms with van der Waals surface area (Å²) < 4.78 is 5.90. The van der Waals surface area contributed by atoms with Crippen LogP contribution in [0.4, 0.5) is 5.69 Å². The summed E-state index contributed by atoms with van der Waals surface area (Å²) in [6.45, 7) is 5.11. The number of aromatic nitrogens is 1. The summed E-state index contributed by atoms with van der Waals surface area (Å²) in [6.07, 6.45) is 8.63. The molecule has 4 heteroatoms. The second kappa shape index (κ2) is 9.28. The Labute approximate surface area is 144 Å². The summed E-state index contributed by atoms with van der Waals surface area (Å²) in [4.78, 5) is 6.63. The van der Waals surface area contributed by atoms with Gasteiger partial charge in [-0.2, -0.15) is 0 Å². The Morgan fingerprint density at radius 2 is 2.00 bits per heavy atom. The molecule has 128 valence electrons. The molecule has 1 aromatic carbocycles. The van der Waals surface area contributed by atoms with Crippen LogP contribution in [0.25, 0.3) is 0 Å². The maximum Gasteiger partial charge on any atom is 0.119 e. The lowest BCUT2D eigenvalue weighted by Gasteiger charge is -2.26. The molecule has 1 saturated heterocycles. The van der Waals surface area contributed by atoms with E-state index in [9.17, 15) is 0 Å². The molecule has 1 aromatic heterocycles. The Morgan fingerprint density at radius 3 is 2.83 bits per heavy atom. The van der Waals surface area contributed by atoms with E-state index in [2.05, 4.69) is 33.4 Å². The number of nitrogens with one attached hydrogen (secondary N) is 1. The van der Waals surface area contributed by atoms with Crippen LogP contribution in [0.15, 0.2) is 48.8 Å². The first-order valence-electron chi connectivity index (χ1n) is 8.98. The maximum absolute atomic E-state index is 5.90. The van der Waals surface area contributed by atoms with Crippen molar-refractivity contribution in [2.45, 2.75) is 32.2 Å². The van der Waals surface area contributed by atoms with Crippen molar-refractivity contribution in [1.29, 1.82) is 0 Å². The highest BCUT2D eigenvalue weighted by molar-refractivity contribution is 5.39. The van der Waals surface area contributed by atoms with Crippen molar-refractivity contribution in [2.75, 3.05) is 31.6 Å². The number of nitrogens with zero attached hydrogens (tertiary/aromatic N) is 2. The Kier molecular flexibility index (Phi) is 6.49. The molecule has 0 amide bonds. The second-order valence-corrected chi connectivity index (χ2v) is 6.35. The molecular formula is C20H27N3O. The van der Waals surface area contributed by atoms with Crippen LogP contribution in [0.3, 0.4) is 0 Å². The van der Waals surface area contributed by atoms with Gasteiger partial charge in [0.15, 0.2) is 0 Å². The van der Waals surface area contributed by atoms with Crippen LogP contribution in [0.1, 0.15) is 31.2 Å². The molecule has 2 aromatic rings. The highest BCUT2D eigenvalue weighted by Crippen LogP contribution is 2.17. The van der Waals surface area contributed by atoms with E-state index in [0.717, 1.165) is 37.6 Å². The fraction of sp³-hybridized carbons (Fsp3) is 0.450. The van der Waals surface area contributed by atoms with Crippen LogP contribution in [-0.2, 0) is 6.54 Å². The van der Waals surface area contributed by atoms with Gasteiger partial charge in [-0.05, 0) is 62.2 Å². The highest BCUT2D eigenvalue weighted by Gasteiger charge is 2.10. The number of hydrogen-bond donors (Lipinski definition) is 1.